The topological polar surface area (TPSA) is 109 Å². The molecule has 0 atom stereocenters. The number of benzene rings is 1. The van der Waals surface area contributed by atoms with Gasteiger partial charge in [0.05, 0.1) is 0 Å². The predicted molar refractivity (Wildman–Crippen MR) is 109 cm³/mol. The average molecular weight is 465 g/mol. The van der Waals surface area contributed by atoms with Crippen LogP contribution in [0.2, 0.25) is 0 Å². The first-order valence-electron chi connectivity index (χ1n) is 8.46. The second-order valence-electron chi connectivity index (χ2n) is 5.99. The molecule has 1 aliphatic rings. The van der Waals surface area contributed by atoms with Crippen LogP contribution in [0, 0.1) is 5.82 Å². The van der Waals surface area contributed by atoms with Gasteiger partial charge >= 0.3 is 0 Å². The zero-order valence-electron chi connectivity index (χ0n) is 15.1. The van der Waals surface area contributed by atoms with Gasteiger partial charge in [0.1, 0.15) is 11.6 Å². The van der Waals surface area contributed by atoms with Gasteiger partial charge in [-0.05, 0) is 23.8 Å². The molecule has 1 aliphatic heterocycles. The average Bonchev–Trinajstić information content (AvgIpc) is 3.34. The number of rotatable bonds is 6. The SMILES string of the molecule is O=Cc1nnc(S(=O)(=O)N2C=CCN(c3nc(Cc4ccc(F)cc4)ns3)C=C2)s1. The van der Waals surface area contributed by atoms with E-state index in [1.54, 1.807) is 29.3 Å². The third kappa shape index (κ3) is 4.27. The molecule has 0 aliphatic carbocycles. The molecule has 0 amide bonds. The van der Waals surface area contributed by atoms with Crippen LogP contribution < -0.4 is 4.90 Å². The summed E-state index contributed by atoms with van der Waals surface area (Å²) >= 11 is 1.88. The van der Waals surface area contributed by atoms with E-state index in [1.165, 1.54) is 36.1 Å². The van der Waals surface area contributed by atoms with Crippen LogP contribution in [0.15, 0.2) is 53.3 Å². The van der Waals surface area contributed by atoms with Gasteiger partial charge in [-0.3, -0.25) is 4.79 Å². The largest absolute Gasteiger partial charge is 0.318 e. The number of anilines is 1. The summed E-state index contributed by atoms with van der Waals surface area (Å²) in [6.07, 6.45) is 6.89. The van der Waals surface area contributed by atoms with Crippen LogP contribution in [0.25, 0.3) is 0 Å². The Balaban J connectivity index is 1.50. The van der Waals surface area contributed by atoms with E-state index in [1.807, 2.05) is 0 Å². The van der Waals surface area contributed by atoms with Gasteiger partial charge in [0.2, 0.25) is 5.13 Å². The van der Waals surface area contributed by atoms with Gasteiger partial charge < -0.3 is 4.90 Å². The fraction of sp³-hybridized carbons (Fsp3) is 0.118. The Hall–Kier alpha value is -3.03. The van der Waals surface area contributed by atoms with Crippen molar-refractivity contribution in [3.05, 3.63) is 71.2 Å². The molecule has 1 aromatic carbocycles. The van der Waals surface area contributed by atoms with Crippen molar-refractivity contribution in [1.82, 2.24) is 23.9 Å². The van der Waals surface area contributed by atoms with E-state index in [0.29, 0.717) is 41.5 Å². The van der Waals surface area contributed by atoms with Crippen molar-refractivity contribution in [2.45, 2.75) is 10.8 Å². The number of carbonyl (C=O) groups is 1. The number of halogens is 1. The van der Waals surface area contributed by atoms with E-state index in [-0.39, 0.29) is 15.2 Å². The van der Waals surface area contributed by atoms with Crippen molar-refractivity contribution in [2.75, 3.05) is 11.4 Å². The molecule has 0 fully saturated rings. The Bertz CT molecular complexity index is 1220. The van der Waals surface area contributed by atoms with Crippen LogP contribution in [0.1, 0.15) is 21.2 Å². The fourth-order valence-electron chi connectivity index (χ4n) is 2.50. The van der Waals surface area contributed by atoms with E-state index in [0.717, 1.165) is 9.87 Å². The summed E-state index contributed by atoms with van der Waals surface area (Å²) in [6.45, 7) is 0.378. The molecule has 0 unspecified atom stereocenters. The number of carbonyl (C=O) groups excluding carboxylic acids is 1. The highest BCUT2D eigenvalue weighted by molar-refractivity contribution is 7.91. The Kier molecular flexibility index (Phi) is 5.65. The molecule has 3 heterocycles. The molecule has 13 heteroatoms. The third-order valence-corrected chi connectivity index (χ3v) is 7.59. The summed E-state index contributed by atoms with van der Waals surface area (Å²) in [4.78, 5) is 17.0. The van der Waals surface area contributed by atoms with Crippen molar-refractivity contribution in [3.63, 3.8) is 0 Å². The summed E-state index contributed by atoms with van der Waals surface area (Å²) in [5.41, 5.74) is 0.885. The maximum absolute atomic E-state index is 13.0. The second-order valence-corrected chi connectivity index (χ2v) is 9.75. The monoisotopic (exact) mass is 464 g/mol. The van der Waals surface area contributed by atoms with Gasteiger partial charge in [-0.25, -0.2) is 13.7 Å². The third-order valence-electron chi connectivity index (χ3n) is 3.95. The molecule has 0 spiro atoms. The molecule has 9 nitrogen and oxygen atoms in total. The van der Waals surface area contributed by atoms with Crippen molar-refractivity contribution in [1.29, 1.82) is 0 Å². The minimum atomic E-state index is -3.96. The zero-order chi connectivity index (χ0) is 21.1. The molecule has 3 aromatic rings. The summed E-state index contributed by atoms with van der Waals surface area (Å²) in [7, 11) is -3.96. The van der Waals surface area contributed by atoms with Crippen LogP contribution in [-0.4, -0.2) is 45.1 Å². The van der Waals surface area contributed by atoms with Crippen LogP contribution in [0.3, 0.4) is 0 Å². The molecule has 0 bridgehead atoms. The molecule has 0 N–H and O–H groups in total. The van der Waals surface area contributed by atoms with Gasteiger partial charge in [-0.2, -0.15) is 12.8 Å². The molecule has 4 rings (SSSR count). The van der Waals surface area contributed by atoms with E-state index < -0.39 is 10.0 Å². The summed E-state index contributed by atoms with van der Waals surface area (Å²) in [6, 6.07) is 6.12. The lowest BCUT2D eigenvalue weighted by Crippen LogP contribution is -2.20. The lowest BCUT2D eigenvalue weighted by Gasteiger charge is -2.13. The van der Waals surface area contributed by atoms with Gasteiger partial charge in [-0.15, -0.1) is 10.2 Å². The number of hydrogen-bond donors (Lipinski definition) is 0. The normalized spacial score (nSPS) is 14.2. The number of nitrogens with zero attached hydrogens (tertiary/aromatic N) is 6. The van der Waals surface area contributed by atoms with E-state index >= 15 is 0 Å². The highest BCUT2D eigenvalue weighted by atomic mass is 32.2. The van der Waals surface area contributed by atoms with Gasteiger partial charge in [-0.1, -0.05) is 23.5 Å². The van der Waals surface area contributed by atoms with Crippen molar-refractivity contribution < 1.29 is 17.6 Å². The Labute approximate surface area is 179 Å². The smallest absolute Gasteiger partial charge is 0.296 e. The first-order chi connectivity index (χ1) is 14.5. The molecule has 154 valence electrons. The van der Waals surface area contributed by atoms with Crippen LogP contribution >= 0.6 is 22.9 Å². The lowest BCUT2D eigenvalue weighted by molar-refractivity contribution is 0.112. The number of hydrogen-bond acceptors (Lipinski definition) is 10. The molecule has 0 radical (unpaired) electrons. The Morgan fingerprint density at radius 2 is 1.93 bits per heavy atom. The maximum atomic E-state index is 13.0. The minimum absolute atomic E-state index is 0.0134. The Morgan fingerprint density at radius 3 is 2.67 bits per heavy atom. The predicted octanol–water partition coefficient (Wildman–Crippen LogP) is 2.43. The van der Waals surface area contributed by atoms with Crippen molar-refractivity contribution in [2.24, 2.45) is 0 Å². The van der Waals surface area contributed by atoms with E-state index in [9.17, 15) is 17.6 Å². The highest BCUT2D eigenvalue weighted by Crippen LogP contribution is 2.24. The molecule has 0 saturated heterocycles. The van der Waals surface area contributed by atoms with Gasteiger partial charge in [0.25, 0.3) is 14.4 Å². The Morgan fingerprint density at radius 1 is 1.13 bits per heavy atom. The molecular weight excluding hydrogens is 451 g/mol. The van der Waals surface area contributed by atoms with Crippen LogP contribution in [0.5, 0.6) is 0 Å². The van der Waals surface area contributed by atoms with Crippen molar-refractivity contribution >= 4 is 44.3 Å². The summed E-state index contributed by atoms with van der Waals surface area (Å²) < 4.78 is 43.5. The number of aromatic nitrogens is 4. The number of aldehydes is 1. The maximum Gasteiger partial charge on any atom is 0.296 e. The lowest BCUT2D eigenvalue weighted by atomic mass is 10.1. The van der Waals surface area contributed by atoms with Crippen molar-refractivity contribution in [3.8, 4) is 0 Å². The van der Waals surface area contributed by atoms with E-state index in [4.69, 9.17) is 0 Å². The first kappa shape index (κ1) is 20.3. The standard InChI is InChI=1S/C17H13FN6O3S3/c18-13-4-2-12(3-5-13)10-14-19-16(29-22-14)23-6-1-7-24(9-8-23)30(26,27)17-21-20-15(11-25)28-17/h1-5,7-9,11H,6,10H2. The van der Waals surface area contributed by atoms with Gasteiger partial charge in [0, 0.05) is 43.1 Å². The summed E-state index contributed by atoms with van der Waals surface area (Å²) in [5, 5.41) is 7.67. The molecule has 30 heavy (non-hydrogen) atoms. The van der Waals surface area contributed by atoms with Crippen LogP contribution in [-0.2, 0) is 16.4 Å². The van der Waals surface area contributed by atoms with Crippen LogP contribution in [0.4, 0.5) is 9.52 Å². The molecular formula is C17H13FN6O3S3. The summed E-state index contributed by atoms with van der Waals surface area (Å²) in [5.74, 6) is 0.283. The minimum Gasteiger partial charge on any atom is -0.318 e. The second kappa shape index (κ2) is 8.38. The highest BCUT2D eigenvalue weighted by Gasteiger charge is 2.26. The quantitative estimate of drug-likeness (QED) is 0.512. The molecule has 0 saturated carbocycles. The van der Waals surface area contributed by atoms with E-state index in [2.05, 4.69) is 19.6 Å². The fourth-order valence-corrected chi connectivity index (χ4v) is 5.29. The number of sulfonamides is 1. The first-order valence-corrected chi connectivity index (χ1v) is 11.5. The molecule has 2 aromatic heterocycles. The van der Waals surface area contributed by atoms with Gasteiger partial charge in [0.15, 0.2) is 11.3 Å². The zero-order valence-corrected chi connectivity index (χ0v) is 17.6.